The highest BCUT2D eigenvalue weighted by molar-refractivity contribution is 5.70. The minimum atomic E-state index is -1.31. The Labute approximate surface area is 110 Å². The Morgan fingerprint density at radius 1 is 1.37 bits per heavy atom. The summed E-state index contributed by atoms with van der Waals surface area (Å²) >= 11 is 0. The highest BCUT2D eigenvalue weighted by Crippen LogP contribution is 2.25. The van der Waals surface area contributed by atoms with E-state index in [0.29, 0.717) is 5.56 Å². The number of hydrogen-bond donors (Lipinski definition) is 4. The van der Waals surface area contributed by atoms with Crippen LogP contribution in [0.5, 0.6) is 5.75 Å². The van der Waals surface area contributed by atoms with Gasteiger partial charge in [0.1, 0.15) is 11.9 Å². The Morgan fingerprint density at radius 3 is 2.63 bits per heavy atom. The number of aliphatic hydroxyl groups is 3. The molecule has 0 saturated heterocycles. The maximum atomic E-state index is 11.2. The van der Waals surface area contributed by atoms with Gasteiger partial charge < -0.3 is 25.2 Å². The maximum absolute atomic E-state index is 11.2. The lowest BCUT2D eigenvalue weighted by Gasteiger charge is -2.18. The van der Waals surface area contributed by atoms with Gasteiger partial charge in [-0.1, -0.05) is 6.07 Å². The van der Waals surface area contributed by atoms with E-state index in [-0.39, 0.29) is 30.9 Å². The molecule has 0 amide bonds. The van der Waals surface area contributed by atoms with Crippen molar-refractivity contribution in [3.63, 3.8) is 0 Å². The molecule has 19 heavy (non-hydrogen) atoms. The summed E-state index contributed by atoms with van der Waals surface area (Å²) in [6.45, 7) is 1.46. The first-order valence-corrected chi connectivity index (χ1v) is 5.94. The van der Waals surface area contributed by atoms with Gasteiger partial charge in [-0.2, -0.15) is 0 Å². The molecule has 0 fully saturated rings. The fraction of sp³-hybridized carbons (Fsp3) is 0.462. The van der Waals surface area contributed by atoms with Crippen molar-refractivity contribution >= 4 is 5.97 Å². The van der Waals surface area contributed by atoms with Crippen molar-refractivity contribution in [3.05, 3.63) is 29.3 Å². The highest BCUT2D eigenvalue weighted by Gasteiger charge is 2.22. The van der Waals surface area contributed by atoms with Gasteiger partial charge in [0.25, 0.3) is 0 Å². The van der Waals surface area contributed by atoms with Crippen LogP contribution in [-0.2, 0) is 16.1 Å². The molecule has 4 N–H and O–H groups in total. The van der Waals surface area contributed by atoms with Crippen molar-refractivity contribution in [3.8, 4) is 5.75 Å². The molecule has 6 heteroatoms. The molecule has 0 saturated carbocycles. The summed E-state index contributed by atoms with van der Waals surface area (Å²) in [4.78, 5) is 11.2. The first-order chi connectivity index (χ1) is 8.99. The van der Waals surface area contributed by atoms with Crippen LogP contribution in [-0.4, -0.2) is 39.1 Å². The van der Waals surface area contributed by atoms with Gasteiger partial charge in [-0.25, -0.2) is 0 Å². The number of benzene rings is 1. The van der Waals surface area contributed by atoms with Gasteiger partial charge in [0.05, 0.1) is 25.7 Å². The van der Waals surface area contributed by atoms with E-state index < -0.39 is 18.2 Å². The van der Waals surface area contributed by atoms with Crippen molar-refractivity contribution in [1.82, 2.24) is 0 Å². The fourth-order valence-corrected chi connectivity index (χ4v) is 1.64. The first kappa shape index (κ1) is 15.4. The molecule has 0 spiro atoms. The van der Waals surface area contributed by atoms with Crippen LogP contribution in [0.15, 0.2) is 18.2 Å². The minimum absolute atomic E-state index is 0.0988. The van der Waals surface area contributed by atoms with E-state index in [2.05, 4.69) is 4.74 Å². The predicted octanol–water partition coefficient (Wildman–Crippen LogP) is 0.232. The summed E-state index contributed by atoms with van der Waals surface area (Å²) < 4.78 is 4.67. The molecule has 0 aromatic heterocycles. The van der Waals surface area contributed by atoms with Gasteiger partial charge in [-0.15, -0.1) is 0 Å². The molecular formula is C13H18O6. The molecular weight excluding hydrogens is 252 g/mol. The smallest absolute Gasteiger partial charge is 0.308 e. The second kappa shape index (κ2) is 7.08. The van der Waals surface area contributed by atoms with E-state index in [9.17, 15) is 20.1 Å². The molecule has 0 heterocycles. The van der Waals surface area contributed by atoms with Gasteiger partial charge in [-0.3, -0.25) is 4.79 Å². The standard InChI is InChI=1S/C13H18O6/c1-2-19-12(17)6-11(16)13(18)8-3-4-10(15)9(5-8)7-14/h3-5,11,13-16,18H,2,6-7H2,1H3. The van der Waals surface area contributed by atoms with Gasteiger partial charge >= 0.3 is 5.97 Å². The Morgan fingerprint density at radius 2 is 2.05 bits per heavy atom. The largest absolute Gasteiger partial charge is 0.508 e. The summed E-state index contributed by atoms with van der Waals surface area (Å²) in [7, 11) is 0. The molecule has 1 rings (SSSR count). The molecule has 1 aromatic rings. The molecule has 2 atom stereocenters. The van der Waals surface area contributed by atoms with Crippen LogP contribution in [0.2, 0.25) is 0 Å². The van der Waals surface area contributed by atoms with E-state index in [1.54, 1.807) is 6.92 Å². The average Bonchev–Trinajstić information content (AvgIpc) is 2.38. The predicted molar refractivity (Wildman–Crippen MR) is 66.2 cm³/mol. The highest BCUT2D eigenvalue weighted by atomic mass is 16.5. The number of hydrogen-bond acceptors (Lipinski definition) is 6. The van der Waals surface area contributed by atoms with E-state index >= 15 is 0 Å². The van der Waals surface area contributed by atoms with Crippen LogP contribution in [0.1, 0.15) is 30.6 Å². The molecule has 0 radical (unpaired) electrons. The van der Waals surface area contributed by atoms with Crippen LogP contribution in [0.3, 0.4) is 0 Å². The van der Waals surface area contributed by atoms with Crippen LogP contribution >= 0.6 is 0 Å². The summed E-state index contributed by atoms with van der Waals surface area (Å²) in [5.41, 5.74) is 0.540. The third-order valence-corrected chi connectivity index (χ3v) is 2.66. The number of aliphatic hydroxyl groups excluding tert-OH is 3. The molecule has 1 aromatic carbocycles. The van der Waals surface area contributed by atoms with E-state index in [4.69, 9.17) is 5.11 Å². The number of carbonyl (C=O) groups is 1. The van der Waals surface area contributed by atoms with Crippen LogP contribution in [0, 0.1) is 0 Å². The van der Waals surface area contributed by atoms with Gasteiger partial charge in [0.2, 0.25) is 0 Å². The molecule has 0 aliphatic heterocycles. The topological polar surface area (TPSA) is 107 Å². The summed E-state index contributed by atoms with van der Waals surface area (Å²) in [6.07, 6.45) is -2.94. The average molecular weight is 270 g/mol. The van der Waals surface area contributed by atoms with Crippen molar-refractivity contribution in [1.29, 1.82) is 0 Å². The van der Waals surface area contributed by atoms with Gasteiger partial charge in [0.15, 0.2) is 0 Å². The number of rotatable bonds is 6. The van der Waals surface area contributed by atoms with Crippen molar-refractivity contribution in [2.75, 3.05) is 6.61 Å². The van der Waals surface area contributed by atoms with E-state index in [1.165, 1.54) is 18.2 Å². The molecule has 2 unspecified atom stereocenters. The second-order valence-electron chi connectivity index (χ2n) is 4.07. The van der Waals surface area contributed by atoms with Crippen molar-refractivity contribution in [2.24, 2.45) is 0 Å². The van der Waals surface area contributed by atoms with Crippen LogP contribution in [0.4, 0.5) is 0 Å². The third kappa shape index (κ3) is 4.20. The summed E-state index contributed by atoms with van der Waals surface area (Å²) in [6, 6.07) is 4.09. The zero-order chi connectivity index (χ0) is 14.4. The normalized spacial score (nSPS) is 13.9. The Hall–Kier alpha value is -1.63. The lowest BCUT2D eigenvalue weighted by atomic mass is 10.00. The zero-order valence-electron chi connectivity index (χ0n) is 10.6. The molecule has 0 bridgehead atoms. The SMILES string of the molecule is CCOC(=O)CC(O)C(O)c1ccc(O)c(CO)c1. The van der Waals surface area contributed by atoms with Crippen molar-refractivity contribution < 1.29 is 30.0 Å². The minimum Gasteiger partial charge on any atom is -0.508 e. The second-order valence-corrected chi connectivity index (χ2v) is 4.07. The van der Waals surface area contributed by atoms with Crippen molar-refractivity contribution in [2.45, 2.75) is 32.2 Å². The number of ether oxygens (including phenoxy) is 1. The van der Waals surface area contributed by atoms with Crippen LogP contribution < -0.4 is 0 Å². The Balaban J connectivity index is 2.76. The van der Waals surface area contributed by atoms with E-state index in [1.807, 2.05) is 0 Å². The fourth-order valence-electron chi connectivity index (χ4n) is 1.64. The molecule has 106 valence electrons. The number of esters is 1. The number of phenols is 1. The number of carbonyl (C=O) groups excluding carboxylic acids is 1. The zero-order valence-corrected chi connectivity index (χ0v) is 10.6. The summed E-state index contributed by atoms with van der Waals surface area (Å²) in [5.74, 6) is -0.700. The summed E-state index contributed by atoms with van der Waals surface area (Å²) in [5, 5.41) is 38.0. The quantitative estimate of drug-likeness (QED) is 0.551. The van der Waals surface area contributed by atoms with E-state index in [0.717, 1.165) is 0 Å². The lowest BCUT2D eigenvalue weighted by molar-refractivity contribution is -0.147. The van der Waals surface area contributed by atoms with Crippen LogP contribution in [0.25, 0.3) is 0 Å². The number of aromatic hydroxyl groups is 1. The lowest BCUT2D eigenvalue weighted by Crippen LogP contribution is -2.23. The Kier molecular flexibility index (Phi) is 5.75. The molecule has 0 aliphatic carbocycles. The molecule has 0 aliphatic rings. The van der Waals surface area contributed by atoms with Gasteiger partial charge in [-0.05, 0) is 24.6 Å². The third-order valence-electron chi connectivity index (χ3n) is 2.66. The Bertz CT molecular complexity index is 431. The van der Waals surface area contributed by atoms with Gasteiger partial charge in [0, 0.05) is 5.56 Å². The maximum Gasteiger partial charge on any atom is 0.308 e. The first-order valence-electron chi connectivity index (χ1n) is 5.94. The monoisotopic (exact) mass is 270 g/mol. The molecule has 6 nitrogen and oxygen atoms in total.